The van der Waals surface area contributed by atoms with E-state index < -0.39 is 97.5 Å². The number of allylic oxidation sites excluding steroid dienone is 14. The molecule has 0 heterocycles. The van der Waals surface area contributed by atoms with Gasteiger partial charge in [0.15, 0.2) is 12.2 Å². The second kappa shape index (κ2) is 71.6. The van der Waals surface area contributed by atoms with Crippen LogP contribution < -0.4 is 0 Å². The Labute approximate surface area is 595 Å². The average molecular weight is 1420 g/mol. The summed E-state index contributed by atoms with van der Waals surface area (Å²) in [5.41, 5.74) is 0. The third kappa shape index (κ3) is 70.7. The van der Waals surface area contributed by atoms with Crippen molar-refractivity contribution in [2.45, 2.75) is 354 Å². The number of esters is 4. The van der Waals surface area contributed by atoms with E-state index >= 15 is 0 Å². The van der Waals surface area contributed by atoms with Gasteiger partial charge >= 0.3 is 39.5 Å². The van der Waals surface area contributed by atoms with Crippen LogP contribution in [0.4, 0.5) is 0 Å². The van der Waals surface area contributed by atoms with Gasteiger partial charge in [0.25, 0.3) is 0 Å². The Hall–Kier alpha value is -3.76. The van der Waals surface area contributed by atoms with E-state index in [0.717, 1.165) is 128 Å². The van der Waals surface area contributed by atoms with Gasteiger partial charge in [0.2, 0.25) is 0 Å². The maximum Gasteiger partial charge on any atom is 0.472 e. The summed E-state index contributed by atoms with van der Waals surface area (Å²) >= 11 is 0. The highest BCUT2D eigenvalue weighted by Gasteiger charge is 2.30. The Morgan fingerprint density at radius 3 is 0.908 bits per heavy atom. The first-order valence-corrected chi connectivity index (χ1v) is 41.8. The fraction of sp³-hybridized carbons (Fsp3) is 0.772. The van der Waals surface area contributed by atoms with Gasteiger partial charge in [-0.3, -0.25) is 37.3 Å². The zero-order chi connectivity index (χ0) is 71.8. The minimum absolute atomic E-state index is 0.0669. The topological polar surface area (TPSA) is 237 Å². The van der Waals surface area contributed by atoms with Gasteiger partial charge in [0.05, 0.1) is 26.4 Å². The summed E-state index contributed by atoms with van der Waals surface area (Å²) in [6, 6.07) is 0. The van der Waals surface area contributed by atoms with E-state index in [1.165, 1.54) is 122 Å². The molecule has 2 unspecified atom stereocenters. The molecule has 0 spiro atoms. The summed E-state index contributed by atoms with van der Waals surface area (Å²) in [7, 11) is -9.96. The van der Waals surface area contributed by atoms with E-state index in [-0.39, 0.29) is 25.7 Å². The maximum absolute atomic E-state index is 13.1. The molecule has 0 fully saturated rings. The Morgan fingerprint density at radius 1 is 0.296 bits per heavy atom. The lowest BCUT2D eigenvalue weighted by atomic mass is 10.0. The lowest BCUT2D eigenvalue weighted by Gasteiger charge is -2.21. The van der Waals surface area contributed by atoms with E-state index in [1.54, 1.807) is 0 Å². The summed E-state index contributed by atoms with van der Waals surface area (Å²) in [5, 5.41) is 10.6. The number of unbranched alkanes of at least 4 members (excludes halogenated alkanes) is 34. The third-order valence-corrected chi connectivity index (χ3v) is 18.3. The van der Waals surface area contributed by atoms with E-state index in [1.807, 2.05) is 12.2 Å². The van der Waals surface area contributed by atoms with Gasteiger partial charge in [-0.25, -0.2) is 9.13 Å². The Bertz CT molecular complexity index is 2190. The van der Waals surface area contributed by atoms with Crippen LogP contribution in [0.15, 0.2) is 85.1 Å². The zero-order valence-corrected chi connectivity index (χ0v) is 63.7. The number of aliphatic hydroxyl groups is 1. The van der Waals surface area contributed by atoms with Crippen molar-refractivity contribution in [1.29, 1.82) is 0 Å². The Morgan fingerprint density at radius 2 is 0.541 bits per heavy atom. The molecule has 0 radical (unpaired) electrons. The fourth-order valence-electron chi connectivity index (χ4n) is 10.4. The molecule has 17 nitrogen and oxygen atoms in total. The summed E-state index contributed by atoms with van der Waals surface area (Å²) in [5.74, 6) is -2.25. The van der Waals surface area contributed by atoms with E-state index in [9.17, 15) is 43.2 Å². The SMILES string of the molecule is CCCCC/C=C\C/C=C\C/C=C\C/C=C\CCCC(=O)OC[C@H](COP(=O)(O)OC[C@H](O)COP(=O)(O)OC[C@@H](COC(=O)CCCCCCC/C=C\CCCCCC)OC(=O)CCCCCCCCCCCCCCC)OC(=O)CCCCCCC/C=C\C=C/CCCCCC. The van der Waals surface area contributed by atoms with Crippen LogP contribution in [0.25, 0.3) is 0 Å². The smallest absolute Gasteiger partial charge is 0.462 e. The van der Waals surface area contributed by atoms with Gasteiger partial charge in [0, 0.05) is 25.7 Å². The minimum atomic E-state index is -4.99. The fourth-order valence-corrected chi connectivity index (χ4v) is 12.0. The van der Waals surface area contributed by atoms with Gasteiger partial charge in [-0.2, -0.15) is 0 Å². The lowest BCUT2D eigenvalue weighted by molar-refractivity contribution is -0.161. The molecule has 0 amide bonds. The van der Waals surface area contributed by atoms with Gasteiger partial charge in [-0.1, -0.05) is 280 Å². The number of hydrogen-bond acceptors (Lipinski definition) is 15. The quantitative estimate of drug-likeness (QED) is 0.0128. The highest BCUT2D eigenvalue weighted by molar-refractivity contribution is 7.47. The minimum Gasteiger partial charge on any atom is -0.462 e. The van der Waals surface area contributed by atoms with Gasteiger partial charge in [-0.05, 0) is 116 Å². The molecule has 0 aliphatic rings. The molecular weight excluding hydrogens is 1280 g/mol. The number of carbonyl (C=O) groups excluding carboxylic acids is 4. The molecule has 0 aliphatic heterocycles. The molecule has 0 aromatic heterocycles. The molecule has 19 heteroatoms. The van der Waals surface area contributed by atoms with Crippen LogP contribution in [-0.2, 0) is 65.4 Å². The van der Waals surface area contributed by atoms with Crippen LogP contribution in [-0.4, -0.2) is 96.7 Å². The van der Waals surface area contributed by atoms with Crippen molar-refractivity contribution in [2.75, 3.05) is 39.6 Å². The highest BCUT2D eigenvalue weighted by atomic mass is 31.2. The highest BCUT2D eigenvalue weighted by Crippen LogP contribution is 2.45. The molecular formula is C79H140O17P2. The molecule has 0 rings (SSSR count). The number of rotatable bonds is 73. The van der Waals surface area contributed by atoms with Crippen molar-refractivity contribution in [2.24, 2.45) is 0 Å². The molecule has 3 N–H and O–H groups in total. The molecule has 0 aromatic rings. The molecule has 0 aromatic carbocycles. The predicted molar refractivity (Wildman–Crippen MR) is 399 cm³/mol. The number of hydrogen-bond donors (Lipinski definition) is 3. The second-order valence-corrected chi connectivity index (χ2v) is 28.9. The number of carbonyl (C=O) groups is 4. The average Bonchev–Trinajstić information content (AvgIpc) is 1.05. The number of aliphatic hydroxyl groups excluding tert-OH is 1. The number of phosphoric acid groups is 2. The largest absolute Gasteiger partial charge is 0.472 e. The van der Waals surface area contributed by atoms with Crippen LogP contribution in [0.2, 0.25) is 0 Å². The molecule has 0 saturated carbocycles. The standard InChI is InChI=1S/C79H140O17P2/c1-5-9-13-17-21-25-29-33-35-36-38-41-44-48-52-56-60-64-77(82)90-70-75(96-79(84)66-62-58-54-50-46-42-37-34-30-26-22-18-14-10-6-2)72-94-98(87,88)92-68-73(80)67-91-97(85,86)93-71-74(95-78(83)65-61-57-53-49-45-40-32-28-24-20-16-12-8-4)69-89-76(81)63-59-55-51-47-43-39-31-27-23-19-15-11-7-3/h21,25-27,30-31,33-35,37-38,41,48,52,73-75,80H,5-20,22-24,28-29,32,36,39-40,42-47,49-51,53-72H2,1-4H3,(H,85,86)(H,87,88)/b25-21-,30-26-,31-27-,35-33-,37-34-,41-38-,52-48-/t73-,74-,75-/m1/s1. The molecule has 98 heavy (non-hydrogen) atoms. The maximum atomic E-state index is 13.1. The van der Waals surface area contributed by atoms with E-state index in [2.05, 4.69) is 101 Å². The Balaban J connectivity index is 5.39. The van der Waals surface area contributed by atoms with Crippen LogP contribution in [0.5, 0.6) is 0 Å². The lowest BCUT2D eigenvalue weighted by Crippen LogP contribution is -2.30. The van der Waals surface area contributed by atoms with E-state index in [0.29, 0.717) is 32.1 Å². The predicted octanol–water partition coefficient (Wildman–Crippen LogP) is 22.2. The molecule has 0 aliphatic carbocycles. The molecule has 568 valence electrons. The monoisotopic (exact) mass is 1420 g/mol. The van der Waals surface area contributed by atoms with Crippen LogP contribution in [0.1, 0.15) is 336 Å². The van der Waals surface area contributed by atoms with Crippen LogP contribution in [0.3, 0.4) is 0 Å². The zero-order valence-electron chi connectivity index (χ0n) is 62.0. The third-order valence-electron chi connectivity index (χ3n) is 16.4. The first-order chi connectivity index (χ1) is 47.7. The molecule has 0 saturated heterocycles. The summed E-state index contributed by atoms with van der Waals surface area (Å²) in [4.78, 5) is 72.8. The number of ether oxygens (including phenoxy) is 4. The van der Waals surface area contributed by atoms with Crippen molar-refractivity contribution in [3.63, 3.8) is 0 Å². The Kier molecular flexibility index (Phi) is 68.9. The van der Waals surface area contributed by atoms with Crippen LogP contribution >= 0.6 is 15.6 Å². The van der Waals surface area contributed by atoms with Crippen molar-refractivity contribution in [3.8, 4) is 0 Å². The molecule has 5 atom stereocenters. The van der Waals surface area contributed by atoms with Crippen molar-refractivity contribution in [1.82, 2.24) is 0 Å². The molecule has 0 bridgehead atoms. The van der Waals surface area contributed by atoms with Gasteiger partial charge in [0.1, 0.15) is 19.3 Å². The number of phosphoric ester groups is 2. The van der Waals surface area contributed by atoms with Crippen molar-refractivity contribution < 1.29 is 80.2 Å². The van der Waals surface area contributed by atoms with Crippen LogP contribution in [0, 0.1) is 0 Å². The van der Waals surface area contributed by atoms with Gasteiger partial charge < -0.3 is 33.8 Å². The van der Waals surface area contributed by atoms with Gasteiger partial charge in [-0.15, -0.1) is 0 Å². The first-order valence-electron chi connectivity index (χ1n) is 38.8. The first kappa shape index (κ1) is 94.2. The van der Waals surface area contributed by atoms with E-state index in [4.69, 9.17) is 37.0 Å². The summed E-state index contributed by atoms with van der Waals surface area (Å²) in [6.07, 6.45) is 72.9. The summed E-state index contributed by atoms with van der Waals surface area (Å²) < 4.78 is 68.4. The summed E-state index contributed by atoms with van der Waals surface area (Å²) in [6.45, 7) is 4.76. The van der Waals surface area contributed by atoms with Crippen molar-refractivity contribution in [3.05, 3.63) is 85.1 Å². The normalized spacial score (nSPS) is 14.4. The van der Waals surface area contributed by atoms with Crippen molar-refractivity contribution >= 4 is 39.5 Å². The second-order valence-electron chi connectivity index (χ2n) is 26.0.